The lowest BCUT2D eigenvalue weighted by molar-refractivity contribution is -0.143. The van der Waals surface area contributed by atoms with Crippen molar-refractivity contribution >= 4 is 23.5 Å². The Kier molecular flexibility index (Phi) is 5.65. The number of rotatable bonds is 5. The first-order chi connectivity index (χ1) is 11.0. The van der Waals surface area contributed by atoms with E-state index in [0.29, 0.717) is 5.56 Å². The Morgan fingerprint density at radius 1 is 1.13 bits per heavy atom. The second-order valence-corrected chi connectivity index (χ2v) is 4.97. The van der Waals surface area contributed by atoms with Gasteiger partial charge in [-0.05, 0) is 24.3 Å². The van der Waals surface area contributed by atoms with Crippen LogP contribution in [0.4, 0.5) is 8.78 Å². The van der Waals surface area contributed by atoms with Gasteiger partial charge >= 0.3 is 5.97 Å². The second-order valence-electron chi connectivity index (χ2n) is 4.56. The average molecular weight is 340 g/mol. The largest absolute Gasteiger partial charge is 0.459 e. The number of carbonyl (C=O) groups is 2. The number of carbonyl (C=O) groups excluding carboxylic acids is 2. The molecule has 120 valence electrons. The summed E-state index contributed by atoms with van der Waals surface area (Å²) < 4.78 is 31.2. The zero-order chi connectivity index (χ0) is 16.8. The van der Waals surface area contributed by atoms with E-state index in [-0.39, 0.29) is 17.2 Å². The zero-order valence-corrected chi connectivity index (χ0v) is 12.6. The smallest absolute Gasteiger partial charge is 0.325 e. The Morgan fingerprint density at radius 2 is 1.87 bits per heavy atom. The van der Waals surface area contributed by atoms with Gasteiger partial charge in [0, 0.05) is 5.56 Å². The third-order valence-corrected chi connectivity index (χ3v) is 3.27. The van der Waals surface area contributed by atoms with Crippen LogP contribution < -0.4 is 5.32 Å². The minimum Gasteiger partial charge on any atom is -0.459 e. The molecule has 1 amide bonds. The van der Waals surface area contributed by atoms with E-state index in [9.17, 15) is 18.4 Å². The molecule has 0 aromatic heterocycles. The molecule has 0 atom stereocenters. The van der Waals surface area contributed by atoms with Crippen LogP contribution in [0.1, 0.15) is 15.9 Å². The van der Waals surface area contributed by atoms with E-state index in [1.165, 1.54) is 30.3 Å². The molecule has 0 unspecified atom stereocenters. The average Bonchev–Trinajstić information content (AvgIpc) is 2.52. The third-order valence-electron chi connectivity index (χ3n) is 2.92. The highest BCUT2D eigenvalue weighted by molar-refractivity contribution is 6.31. The van der Waals surface area contributed by atoms with Crippen LogP contribution in [0.15, 0.2) is 42.5 Å². The summed E-state index contributed by atoms with van der Waals surface area (Å²) >= 11 is 5.80. The molecule has 23 heavy (non-hydrogen) atoms. The summed E-state index contributed by atoms with van der Waals surface area (Å²) in [4.78, 5) is 23.3. The first-order valence-corrected chi connectivity index (χ1v) is 6.97. The number of halogens is 3. The first kappa shape index (κ1) is 16.9. The van der Waals surface area contributed by atoms with Gasteiger partial charge in [-0.25, -0.2) is 8.78 Å². The van der Waals surface area contributed by atoms with Crippen LogP contribution >= 0.6 is 11.6 Å². The Morgan fingerprint density at radius 3 is 2.57 bits per heavy atom. The number of benzene rings is 2. The molecule has 0 saturated heterocycles. The van der Waals surface area contributed by atoms with Crippen LogP contribution in [0, 0.1) is 11.6 Å². The molecule has 1 N–H and O–H groups in total. The van der Waals surface area contributed by atoms with Gasteiger partial charge in [-0.3, -0.25) is 9.59 Å². The van der Waals surface area contributed by atoms with Crippen molar-refractivity contribution in [2.24, 2.45) is 0 Å². The van der Waals surface area contributed by atoms with Gasteiger partial charge in [-0.2, -0.15) is 0 Å². The summed E-state index contributed by atoms with van der Waals surface area (Å²) in [6, 6.07) is 9.08. The summed E-state index contributed by atoms with van der Waals surface area (Å²) in [5.41, 5.74) is 0.267. The van der Waals surface area contributed by atoms with Gasteiger partial charge in [0.25, 0.3) is 5.91 Å². The summed E-state index contributed by atoms with van der Waals surface area (Å²) in [5.74, 6) is -2.63. The van der Waals surface area contributed by atoms with Crippen LogP contribution in [0.2, 0.25) is 5.02 Å². The van der Waals surface area contributed by atoms with E-state index in [4.69, 9.17) is 16.3 Å². The molecule has 2 aromatic carbocycles. The molecule has 0 heterocycles. The lowest BCUT2D eigenvalue weighted by Crippen LogP contribution is -2.31. The highest BCUT2D eigenvalue weighted by Crippen LogP contribution is 2.18. The van der Waals surface area contributed by atoms with Crippen LogP contribution in [0.3, 0.4) is 0 Å². The maximum atomic E-state index is 13.4. The summed E-state index contributed by atoms with van der Waals surface area (Å²) in [5, 5.41) is 2.39. The topological polar surface area (TPSA) is 55.4 Å². The third kappa shape index (κ3) is 4.75. The van der Waals surface area contributed by atoms with E-state index in [0.717, 1.165) is 12.1 Å². The fourth-order valence-corrected chi connectivity index (χ4v) is 1.96. The molecule has 0 fully saturated rings. The number of hydrogen-bond donors (Lipinski definition) is 1. The number of hydrogen-bond acceptors (Lipinski definition) is 3. The molecular formula is C16H12ClF2NO3. The molecular weight excluding hydrogens is 328 g/mol. The molecule has 0 spiro atoms. The van der Waals surface area contributed by atoms with Crippen molar-refractivity contribution in [1.82, 2.24) is 5.32 Å². The molecule has 0 saturated carbocycles. The van der Waals surface area contributed by atoms with Gasteiger partial charge in [0.15, 0.2) is 0 Å². The normalized spacial score (nSPS) is 10.2. The van der Waals surface area contributed by atoms with E-state index < -0.39 is 30.1 Å². The van der Waals surface area contributed by atoms with Crippen molar-refractivity contribution in [3.8, 4) is 0 Å². The quantitative estimate of drug-likeness (QED) is 0.852. The van der Waals surface area contributed by atoms with Crippen molar-refractivity contribution < 1.29 is 23.1 Å². The lowest BCUT2D eigenvalue weighted by Gasteiger charge is -2.08. The van der Waals surface area contributed by atoms with Gasteiger partial charge < -0.3 is 10.1 Å². The number of nitrogens with one attached hydrogen (secondary N) is 1. The molecule has 0 aliphatic heterocycles. The number of ether oxygens (including phenoxy) is 1. The standard InChI is InChI=1S/C16H12ClF2NO3/c17-13-7-11(18)6-5-10(13)9-23-15(21)8-20-16(22)12-3-1-2-4-14(12)19/h1-7H,8-9H2,(H,20,22). The summed E-state index contributed by atoms with van der Waals surface area (Å²) in [6.45, 7) is -0.584. The van der Waals surface area contributed by atoms with Gasteiger partial charge in [0.1, 0.15) is 24.8 Å². The van der Waals surface area contributed by atoms with Crippen molar-refractivity contribution in [3.05, 3.63) is 70.2 Å². The molecule has 0 radical (unpaired) electrons. The van der Waals surface area contributed by atoms with E-state index in [2.05, 4.69) is 5.32 Å². The molecule has 0 aliphatic rings. The molecule has 7 heteroatoms. The van der Waals surface area contributed by atoms with Gasteiger partial charge in [0.2, 0.25) is 0 Å². The second kappa shape index (κ2) is 7.69. The Hall–Kier alpha value is -2.47. The van der Waals surface area contributed by atoms with Crippen LogP contribution in [-0.2, 0) is 16.1 Å². The monoisotopic (exact) mass is 339 g/mol. The summed E-state index contributed by atoms with van der Waals surface area (Å²) in [6.07, 6.45) is 0. The van der Waals surface area contributed by atoms with Crippen LogP contribution in [0.25, 0.3) is 0 Å². The van der Waals surface area contributed by atoms with E-state index >= 15 is 0 Å². The van der Waals surface area contributed by atoms with Crippen molar-refractivity contribution in [1.29, 1.82) is 0 Å². The number of amides is 1. The Bertz CT molecular complexity index is 737. The minimum atomic E-state index is -0.727. The predicted molar refractivity (Wildman–Crippen MR) is 79.9 cm³/mol. The number of esters is 1. The lowest BCUT2D eigenvalue weighted by atomic mass is 10.2. The molecule has 0 aliphatic carbocycles. The molecule has 0 bridgehead atoms. The fraction of sp³-hybridized carbons (Fsp3) is 0.125. The van der Waals surface area contributed by atoms with E-state index in [1.807, 2.05) is 0 Å². The SMILES string of the molecule is O=C(CNC(=O)c1ccccc1F)OCc1ccc(F)cc1Cl. The highest BCUT2D eigenvalue weighted by Gasteiger charge is 2.13. The van der Waals surface area contributed by atoms with Gasteiger partial charge in [-0.15, -0.1) is 0 Å². The molecule has 2 rings (SSSR count). The molecule has 2 aromatic rings. The summed E-state index contributed by atoms with van der Waals surface area (Å²) in [7, 11) is 0. The minimum absolute atomic E-state index is 0.133. The maximum absolute atomic E-state index is 13.4. The van der Waals surface area contributed by atoms with Gasteiger partial charge in [-0.1, -0.05) is 29.8 Å². The fourth-order valence-electron chi connectivity index (χ4n) is 1.74. The highest BCUT2D eigenvalue weighted by atomic mass is 35.5. The Balaban J connectivity index is 1.83. The van der Waals surface area contributed by atoms with Crippen molar-refractivity contribution in [2.45, 2.75) is 6.61 Å². The van der Waals surface area contributed by atoms with Crippen LogP contribution in [-0.4, -0.2) is 18.4 Å². The maximum Gasteiger partial charge on any atom is 0.325 e. The van der Waals surface area contributed by atoms with Gasteiger partial charge in [0.05, 0.1) is 10.6 Å². The predicted octanol–water partition coefficient (Wildman–Crippen LogP) is 3.09. The first-order valence-electron chi connectivity index (χ1n) is 6.59. The van der Waals surface area contributed by atoms with Crippen molar-refractivity contribution in [3.63, 3.8) is 0 Å². The van der Waals surface area contributed by atoms with Crippen LogP contribution in [0.5, 0.6) is 0 Å². The zero-order valence-electron chi connectivity index (χ0n) is 11.8. The molecule has 4 nitrogen and oxygen atoms in total. The van der Waals surface area contributed by atoms with E-state index in [1.54, 1.807) is 0 Å². The van der Waals surface area contributed by atoms with Crippen molar-refractivity contribution in [2.75, 3.05) is 6.54 Å². The Labute approximate surface area is 136 Å².